The van der Waals surface area contributed by atoms with Gasteiger partial charge in [-0.1, -0.05) is 0 Å². The van der Waals surface area contributed by atoms with Crippen molar-refractivity contribution >= 4 is 17.3 Å². The number of nitrogens with zero attached hydrogens (tertiary/aromatic N) is 1. The third-order valence-corrected chi connectivity index (χ3v) is 5.88. The zero-order valence-electron chi connectivity index (χ0n) is 17.7. The highest BCUT2D eigenvalue weighted by atomic mass is 19.4. The number of amides is 1. The SMILES string of the molecule is O=C1CCc2c(OC[C@]3(O)CCN(c4ccc(OC(F)(F)F)cc4F)C[C@H]3O)ccc(F)c2N1. The van der Waals surface area contributed by atoms with Gasteiger partial charge < -0.3 is 29.9 Å². The van der Waals surface area contributed by atoms with Gasteiger partial charge in [0.2, 0.25) is 5.91 Å². The Morgan fingerprint density at radius 3 is 2.59 bits per heavy atom. The van der Waals surface area contributed by atoms with Crippen LogP contribution in [0, 0.1) is 11.6 Å². The Hall–Kier alpha value is -3.12. The van der Waals surface area contributed by atoms with Crippen LogP contribution in [0.1, 0.15) is 18.4 Å². The van der Waals surface area contributed by atoms with Crippen LogP contribution in [0.5, 0.6) is 11.5 Å². The number of piperidine rings is 1. The zero-order valence-corrected chi connectivity index (χ0v) is 17.7. The fourth-order valence-corrected chi connectivity index (χ4v) is 4.06. The standard InChI is InChI=1S/C22H21F5N2O5/c23-14-3-5-17(13-2-6-19(31)28-20(13)14)33-11-21(32)7-8-29(10-18(21)30)16-4-1-12(9-15(16)24)34-22(25,26)27/h1,3-5,9,18,30,32H,2,6-8,10-11H2,(H,28,31)/t18-,21-/m1/s1. The summed E-state index contributed by atoms with van der Waals surface area (Å²) in [5, 5.41) is 23.9. The van der Waals surface area contributed by atoms with Crippen LogP contribution < -0.4 is 19.7 Å². The Bertz CT molecular complexity index is 1100. The number of aliphatic hydroxyl groups excluding tert-OH is 1. The molecule has 2 atom stereocenters. The maximum absolute atomic E-state index is 14.4. The number of nitrogens with one attached hydrogen (secondary N) is 1. The predicted octanol–water partition coefficient (Wildman–Crippen LogP) is 3.13. The number of rotatable bonds is 5. The maximum atomic E-state index is 14.4. The molecule has 2 aromatic carbocycles. The lowest BCUT2D eigenvalue weighted by atomic mass is 9.89. The van der Waals surface area contributed by atoms with E-state index < -0.39 is 35.5 Å². The Kier molecular flexibility index (Phi) is 6.30. The molecule has 0 unspecified atom stereocenters. The van der Waals surface area contributed by atoms with Crippen molar-refractivity contribution in [3.05, 3.63) is 47.5 Å². The van der Waals surface area contributed by atoms with E-state index in [9.17, 15) is 37.0 Å². The summed E-state index contributed by atoms with van der Waals surface area (Å²) in [5.41, 5.74) is -1.31. The second kappa shape index (κ2) is 8.91. The number of fused-ring (bicyclic) bond motifs is 1. The fraction of sp³-hybridized carbons (Fsp3) is 0.409. The third-order valence-electron chi connectivity index (χ3n) is 5.88. The van der Waals surface area contributed by atoms with Crippen LogP contribution in [0.25, 0.3) is 0 Å². The van der Waals surface area contributed by atoms with Gasteiger partial charge >= 0.3 is 6.36 Å². The van der Waals surface area contributed by atoms with E-state index in [1.807, 2.05) is 0 Å². The molecular formula is C22H21F5N2O5. The molecule has 1 amide bonds. The smallest absolute Gasteiger partial charge is 0.490 e. The molecule has 7 nitrogen and oxygen atoms in total. The number of benzene rings is 2. The molecule has 184 valence electrons. The van der Waals surface area contributed by atoms with E-state index in [4.69, 9.17) is 4.74 Å². The molecule has 0 radical (unpaired) electrons. The van der Waals surface area contributed by atoms with E-state index in [0.717, 1.165) is 18.2 Å². The normalized spacial score (nSPS) is 22.7. The lowest BCUT2D eigenvalue weighted by Gasteiger charge is -2.42. The molecule has 2 aliphatic heterocycles. The number of halogens is 5. The summed E-state index contributed by atoms with van der Waals surface area (Å²) in [5.74, 6) is -2.37. The van der Waals surface area contributed by atoms with Gasteiger partial charge in [0.15, 0.2) is 0 Å². The van der Waals surface area contributed by atoms with Crippen molar-refractivity contribution in [2.75, 3.05) is 29.9 Å². The zero-order chi connectivity index (χ0) is 24.7. The van der Waals surface area contributed by atoms with Crippen LogP contribution in [0.15, 0.2) is 30.3 Å². The summed E-state index contributed by atoms with van der Waals surface area (Å²) in [4.78, 5) is 13.0. The number of hydrogen-bond acceptors (Lipinski definition) is 6. The molecule has 0 spiro atoms. The van der Waals surface area contributed by atoms with Crippen molar-refractivity contribution in [1.82, 2.24) is 0 Å². The number of ether oxygens (including phenoxy) is 2. The summed E-state index contributed by atoms with van der Waals surface area (Å²) in [6, 6.07) is 5.14. The molecular weight excluding hydrogens is 467 g/mol. The molecule has 4 rings (SSSR count). The van der Waals surface area contributed by atoms with Gasteiger partial charge in [-0.15, -0.1) is 13.2 Å². The van der Waals surface area contributed by atoms with Crippen LogP contribution >= 0.6 is 0 Å². The lowest BCUT2D eigenvalue weighted by molar-refractivity contribution is -0.274. The molecule has 0 aliphatic carbocycles. The Balaban J connectivity index is 1.43. The molecule has 12 heteroatoms. The quantitative estimate of drug-likeness (QED) is 0.561. The van der Waals surface area contributed by atoms with Crippen molar-refractivity contribution in [2.45, 2.75) is 37.3 Å². The van der Waals surface area contributed by atoms with Crippen molar-refractivity contribution < 1.29 is 46.4 Å². The van der Waals surface area contributed by atoms with E-state index in [-0.39, 0.29) is 62.0 Å². The van der Waals surface area contributed by atoms with Gasteiger partial charge in [-0.05, 0) is 37.1 Å². The second-order valence-electron chi connectivity index (χ2n) is 8.21. The number of alkyl halides is 3. The number of hydrogen-bond donors (Lipinski definition) is 3. The van der Waals surface area contributed by atoms with Crippen LogP contribution in [-0.4, -0.2) is 53.9 Å². The minimum Gasteiger partial charge on any atom is -0.490 e. The first-order chi connectivity index (χ1) is 15.9. The highest BCUT2D eigenvalue weighted by molar-refractivity contribution is 5.94. The monoisotopic (exact) mass is 488 g/mol. The van der Waals surface area contributed by atoms with E-state index in [1.54, 1.807) is 0 Å². The van der Waals surface area contributed by atoms with Crippen molar-refractivity contribution in [3.8, 4) is 11.5 Å². The minimum atomic E-state index is -4.96. The van der Waals surface area contributed by atoms with Gasteiger partial charge in [0.25, 0.3) is 0 Å². The topological polar surface area (TPSA) is 91.3 Å². The first kappa shape index (κ1) is 24.0. The van der Waals surface area contributed by atoms with E-state index in [2.05, 4.69) is 10.1 Å². The molecule has 2 aromatic rings. The van der Waals surface area contributed by atoms with Gasteiger partial charge in [0.1, 0.15) is 41.4 Å². The highest BCUT2D eigenvalue weighted by Gasteiger charge is 2.42. The van der Waals surface area contributed by atoms with E-state index in [0.29, 0.717) is 11.6 Å². The van der Waals surface area contributed by atoms with Gasteiger partial charge in [-0.3, -0.25) is 4.79 Å². The molecule has 1 fully saturated rings. The van der Waals surface area contributed by atoms with Gasteiger partial charge in [-0.25, -0.2) is 8.78 Å². The summed E-state index contributed by atoms with van der Waals surface area (Å²) in [7, 11) is 0. The minimum absolute atomic E-state index is 0.0181. The number of carbonyl (C=O) groups excluding carboxylic acids is 1. The number of carbonyl (C=O) groups is 1. The molecule has 0 bridgehead atoms. The van der Waals surface area contributed by atoms with Gasteiger partial charge in [0, 0.05) is 31.1 Å². The summed E-state index contributed by atoms with van der Waals surface area (Å²) < 4.78 is 74.8. The van der Waals surface area contributed by atoms with Crippen molar-refractivity contribution in [2.24, 2.45) is 0 Å². The summed E-state index contributed by atoms with van der Waals surface area (Å²) >= 11 is 0. The summed E-state index contributed by atoms with van der Waals surface area (Å²) in [6.07, 6.45) is -6.00. The highest BCUT2D eigenvalue weighted by Crippen LogP contribution is 2.36. The van der Waals surface area contributed by atoms with Crippen LogP contribution in [-0.2, 0) is 11.2 Å². The Morgan fingerprint density at radius 2 is 1.91 bits per heavy atom. The molecule has 0 saturated carbocycles. The van der Waals surface area contributed by atoms with Gasteiger partial charge in [0.05, 0.1) is 11.4 Å². The van der Waals surface area contributed by atoms with Crippen LogP contribution in [0.3, 0.4) is 0 Å². The fourth-order valence-electron chi connectivity index (χ4n) is 4.06. The molecule has 3 N–H and O–H groups in total. The number of β-amino-alcohol motifs (C(OH)–C–C–N with tert-alkyl or cyclic N) is 1. The van der Waals surface area contributed by atoms with Crippen molar-refractivity contribution in [3.63, 3.8) is 0 Å². The maximum Gasteiger partial charge on any atom is 0.573 e. The van der Waals surface area contributed by atoms with Crippen LogP contribution in [0.2, 0.25) is 0 Å². The molecule has 2 heterocycles. The Labute approximate surface area is 190 Å². The number of aliphatic hydroxyl groups is 2. The Morgan fingerprint density at radius 1 is 1.15 bits per heavy atom. The average molecular weight is 488 g/mol. The lowest BCUT2D eigenvalue weighted by Crippen LogP contribution is -2.58. The predicted molar refractivity (Wildman–Crippen MR) is 110 cm³/mol. The number of anilines is 2. The first-order valence-corrected chi connectivity index (χ1v) is 10.4. The largest absolute Gasteiger partial charge is 0.573 e. The first-order valence-electron chi connectivity index (χ1n) is 10.4. The molecule has 0 aromatic heterocycles. The van der Waals surface area contributed by atoms with E-state index in [1.165, 1.54) is 11.0 Å². The second-order valence-corrected chi connectivity index (χ2v) is 8.21. The summed E-state index contributed by atoms with van der Waals surface area (Å²) in [6.45, 7) is -0.492. The van der Waals surface area contributed by atoms with Crippen molar-refractivity contribution in [1.29, 1.82) is 0 Å². The molecule has 2 aliphatic rings. The average Bonchev–Trinajstić information content (AvgIpc) is 2.75. The van der Waals surface area contributed by atoms with Crippen LogP contribution in [0.4, 0.5) is 33.3 Å². The molecule has 1 saturated heterocycles. The third kappa shape index (κ3) is 5.02. The van der Waals surface area contributed by atoms with Gasteiger partial charge in [-0.2, -0.15) is 0 Å². The molecule has 34 heavy (non-hydrogen) atoms. The van der Waals surface area contributed by atoms with E-state index >= 15 is 0 Å².